The number of nitrogens with zero attached hydrogens (tertiary/aromatic N) is 4. The fraction of sp³-hybridized carbons (Fsp3) is 0.425. The summed E-state index contributed by atoms with van der Waals surface area (Å²) in [6.07, 6.45) is 8.98. The van der Waals surface area contributed by atoms with Gasteiger partial charge in [0.15, 0.2) is 5.78 Å². The molecular weight excluding hydrogens is 687 g/mol. The molecule has 0 unspecified atom stereocenters. The van der Waals surface area contributed by atoms with Gasteiger partial charge in [-0.2, -0.15) is 10.2 Å². The molecule has 9 nitrogen and oxygen atoms in total. The van der Waals surface area contributed by atoms with E-state index in [-0.39, 0.29) is 28.7 Å². The summed E-state index contributed by atoms with van der Waals surface area (Å²) in [4.78, 5) is 37.0. The second kappa shape index (κ2) is 16.0. The van der Waals surface area contributed by atoms with E-state index in [4.69, 9.17) is 27.9 Å². The zero-order valence-corrected chi connectivity index (χ0v) is 32.5. The molecule has 1 aliphatic carbocycles. The zero-order valence-electron chi connectivity index (χ0n) is 31.0. The van der Waals surface area contributed by atoms with Crippen molar-refractivity contribution in [2.24, 2.45) is 10.8 Å². The number of hydrogen-bond acceptors (Lipinski definition) is 7. The lowest BCUT2D eigenvalue weighted by Crippen LogP contribution is -2.27. The molecule has 1 N–H and O–H groups in total. The van der Waals surface area contributed by atoms with Crippen LogP contribution in [0.1, 0.15) is 93.7 Å². The van der Waals surface area contributed by atoms with Gasteiger partial charge in [0.2, 0.25) is 0 Å². The van der Waals surface area contributed by atoms with Crippen LogP contribution in [0.5, 0.6) is 0 Å². The van der Waals surface area contributed by atoms with E-state index in [9.17, 15) is 19.5 Å². The van der Waals surface area contributed by atoms with E-state index in [1.807, 2.05) is 79.7 Å². The molecule has 5 rings (SSSR count). The number of aryl methyl sites for hydroxylation is 4. The predicted molar refractivity (Wildman–Crippen MR) is 202 cm³/mol. The molecule has 0 amide bonds. The summed E-state index contributed by atoms with van der Waals surface area (Å²) in [7, 11) is 0. The molecule has 2 aromatic carbocycles. The number of rotatable bonds is 10. The largest absolute Gasteiger partial charge is 0.511 e. The molecule has 4 aromatic rings. The first-order valence-corrected chi connectivity index (χ1v) is 17.9. The van der Waals surface area contributed by atoms with Crippen LogP contribution in [0.3, 0.4) is 0 Å². The summed E-state index contributed by atoms with van der Waals surface area (Å²) >= 11 is 11.9. The van der Waals surface area contributed by atoms with Gasteiger partial charge in [0.05, 0.1) is 51.4 Å². The number of benzene rings is 2. The third-order valence-corrected chi connectivity index (χ3v) is 9.83. The molecule has 11 heteroatoms. The molecule has 272 valence electrons. The number of aliphatic hydroxyl groups is 1. The minimum absolute atomic E-state index is 0.00732. The zero-order chi connectivity index (χ0) is 37.8. The number of ketones is 2. The average molecular weight is 736 g/mol. The van der Waals surface area contributed by atoms with Gasteiger partial charge >= 0.3 is 5.97 Å². The maximum atomic E-state index is 12.5. The normalized spacial score (nSPS) is 14.3. The molecule has 0 bridgehead atoms. The summed E-state index contributed by atoms with van der Waals surface area (Å²) in [5.41, 5.74) is 7.02. The van der Waals surface area contributed by atoms with Gasteiger partial charge in [0.25, 0.3) is 0 Å². The number of carbonyl (C=O) groups is 3. The fourth-order valence-corrected chi connectivity index (χ4v) is 6.57. The second-order valence-corrected chi connectivity index (χ2v) is 15.4. The average Bonchev–Trinajstić information content (AvgIpc) is 3.70. The molecule has 0 saturated carbocycles. The van der Waals surface area contributed by atoms with Crippen molar-refractivity contribution in [3.63, 3.8) is 0 Å². The molecule has 0 aliphatic heterocycles. The fourth-order valence-electron chi connectivity index (χ4n) is 6.30. The smallest absolute Gasteiger partial charge is 0.311 e. The van der Waals surface area contributed by atoms with Crippen LogP contribution in [0.25, 0.3) is 16.9 Å². The third kappa shape index (κ3) is 9.37. The Balaban J connectivity index is 0.000000230. The molecule has 0 spiro atoms. The molecule has 0 radical (unpaired) electrons. The third-order valence-electron chi connectivity index (χ3n) is 9.44. The van der Waals surface area contributed by atoms with E-state index in [1.54, 1.807) is 41.1 Å². The van der Waals surface area contributed by atoms with Crippen molar-refractivity contribution < 1.29 is 24.2 Å². The standard InChI is InChI=1S/C21H27ClN2O3.C19H21ClN2O2/c1-6-27-20(26)21(4,5)8-7-18(25)11-19-14(2)9-17(10-15(19)3)24-13-16(22)12-23-24;1-11-7-14(22-10-13(20)9-21-22)8-12(2)16(11)17-15(23)5-6-19(3,4)18(17)24/h9-10,12-13H,6-8,11H2,1-5H3;7-10,24H,5-6H2,1-4H3. The highest BCUT2D eigenvalue weighted by Gasteiger charge is 2.36. The molecule has 0 atom stereocenters. The summed E-state index contributed by atoms with van der Waals surface area (Å²) < 4.78 is 8.50. The molecule has 1 aliphatic rings. The van der Waals surface area contributed by atoms with Crippen molar-refractivity contribution in [3.05, 3.63) is 98.2 Å². The maximum absolute atomic E-state index is 12.5. The SMILES string of the molecule is CCOC(=O)C(C)(C)CCC(=O)Cc1c(C)cc(-n2cc(Cl)cn2)cc1C.Cc1cc(-n2cc(Cl)cn2)cc(C)c1C1=C(O)C(C)(C)CCC1=O. The minimum Gasteiger partial charge on any atom is -0.511 e. The Morgan fingerprint density at radius 1 is 0.902 bits per heavy atom. The highest BCUT2D eigenvalue weighted by Crippen LogP contribution is 2.42. The topological polar surface area (TPSA) is 116 Å². The number of Topliss-reactive ketones (excluding diaryl/α,β-unsaturated/α-hetero) is 2. The second-order valence-electron chi connectivity index (χ2n) is 14.6. The summed E-state index contributed by atoms with van der Waals surface area (Å²) in [6.45, 7) is 17.6. The Hall–Kier alpha value is -4.21. The minimum atomic E-state index is -0.654. The van der Waals surface area contributed by atoms with Crippen LogP contribution in [0.2, 0.25) is 10.0 Å². The van der Waals surface area contributed by atoms with Crippen LogP contribution < -0.4 is 0 Å². The summed E-state index contributed by atoms with van der Waals surface area (Å²) in [5, 5.41) is 20.3. The monoisotopic (exact) mass is 734 g/mol. The van der Waals surface area contributed by atoms with E-state index in [0.717, 1.165) is 44.8 Å². The Kier molecular flexibility index (Phi) is 12.4. The van der Waals surface area contributed by atoms with Gasteiger partial charge in [-0.05, 0) is 119 Å². The van der Waals surface area contributed by atoms with Crippen molar-refractivity contribution in [3.8, 4) is 11.4 Å². The number of ether oxygens (including phenoxy) is 1. The van der Waals surface area contributed by atoms with Gasteiger partial charge < -0.3 is 9.84 Å². The summed E-state index contributed by atoms with van der Waals surface area (Å²) in [5.74, 6) is 0.0635. The molecule has 0 saturated heterocycles. The van der Waals surface area contributed by atoms with Crippen molar-refractivity contribution in [2.75, 3.05) is 6.61 Å². The first-order valence-electron chi connectivity index (χ1n) is 17.1. The van der Waals surface area contributed by atoms with Gasteiger partial charge in [-0.15, -0.1) is 0 Å². The first kappa shape index (κ1) is 39.6. The lowest BCUT2D eigenvalue weighted by Gasteiger charge is -2.31. The van der Waals surface area contributed by atoms with Crippen LogP contribution in [-0.2, 0) is 25.5 Å². The van der Waals surface area contributed by atoms with Crippen LogP contribution in [-0.4, -0.2) is 48.8 Å². The van der Waals surface area contributed by atoms with Gasteiger partial charge in [-0.25, -0.2) is 9.36 Å². The number of allylic oxidation sites excluding steroid dienone is 2. The van der Waals surface area contributed by atoms with Gasteiger partial charge in [-0.1, -0.05) is 37.0 Å². The highest BCUT2D eigenvalue weighted by molar-refractivity contribution is 6.30. The van der Waals surface area contributed by atoms with Crippen molar-refractivity contribution in [2.45, 2.75) is 94.4 Å². The lowest BCUT2D eigenvalue weighted by atomic mass is 9.74. The van der Waals surface area contributed by atoms with E-state index in [2.05, 4.69) is 10.2 Å². The Labute approximate surface area is 310 Å². The Bertz CT molecular complexity index is 1940. The number of hydrogen-bond donors (Lipinski definition) is 1. The van der Waals surface area contributed by atoms with Crippen molar-refractivity contribution in [1.82, 2.24) is 19.6 Å². The van der Waals surface area contributed by atoms with Crippen molar-refractivity contribution >= 4 is 46.3 Å². The van der Waals surface area contributed by atoms with Crippen LogP contribution >= 0.6 is 23.2 Å². The van der Waals surface area contributed by atoms with Crippen LogP contribution in [0.15, 0.2) is 54.8 Å². The number of esters is 1. The van der Waals surface area contributed by atoms with Gasteiger partial charge in [0, 0.05) is 37.1 Å². The van der Waals surface area contributed by atoms with E-state index in [1.165, 1.54) is 0 Å². The van der Waals surface area contributed by atoms with E-state index in [0.29, 0.717) is 54.3 Å². The number of aromatic nitrogens is 4. The molecule has 2 heterocycles. The number of aliphatic hydroxyl groups excluding tert-OH is 1. The maximum Gasteiger partial charge on any atom is 0.311 e. The molecular formula is C40H48Cl2N4O5. The predicted octanol–water partition coefficient (Wildman–Crippen LogP) is 9.42. The lowest BCUT2D eigenvalue weighted by molar-refractivity contribution is -0.153. The Morgan fingerprint density at radius 3 is 1.84 bits per heavy atom. The van der Waals surface area contributed by atoms with Gasteiger partial charge in [-0.3, -0.25) is 14.4 Å². The number of carbonyl (C=O) groups excluding carboxylic acids is 3. The van der Waals surface area contributed by atoms with Crippen LogP contribution in [0, 0.1) is 38.5 Å². The molecule has 2 aromatic heterocycles. The van der Waals surface area contributed by atoms with E-state index >= 15 is 0 Å². The van der Waals surface area contributed by atoms with Gasteiger partial charge in [0.1, 0.15) is 11.5 Å². The van der Waals surface area contributed by atoms with E-state index < -0.39 is 5.41 Å². The first-order chi connectivity index (χ1) is 23.8. The Morgan fingerprint density at radius 2 is 1.39 bits per heavy atom. The van der Waals surface area contributed by atoms with Crippen LogP contribution in [0.4, 0.5) is 0 Å². The van der Waals surface area contributed by atoms with Crippen molar-refractivity contribution in [1.29, 1.82) is 0 Å². The number of halogens is 2. The summed E-state index contributed by atoms with van der Waals surface area (Å²) in [6, 6.07) is 7.92. The quantitative estimate of drug-likeness (QED) is 0.161. The molecule has 0 fully saturated rings. The highest BCUT2D eigenvalue weighted by atomic mass is 35.5. The molecule has 51 heavy (non-hydrogen) atoms.